The number of nitrogens with zero attached hydrogens (tertiary/aromatic N) is 2. The molecule has 0 aliphatic carbocycles. The van der Waals surface area contributed by atoms with Crippen LogP contribution >= 0.6 is 15.9 Å². The van der Waals surface area contributed by atoms with Crippen LogP contribution < -0.4 is 10.6 Å². The SMILES string of the molecule is Cc1ccc(C)c(NC(=O)c2cnc(Nc3cccc(Br)c3)cn2)c1. The van der Waals surface area contributed by atoms with Crippen molar-refractivity contribution >= 4 is 39.0 Å². The van der Waals surface area contributed by atoms with E-state index in [9.17, 15) is 4.79 Å². The van der Waals surface area contributed by atoms with E-state index in [0.29, 0.717) is 5.82 Å². The lowest BCUT2D eigenvalue weighted by atomic mass is 10.1. The molecule has 126 valence electrons. The molecule has 0 bridgehead atoms. The average molecular weight is 397 g/mol. The lowest BCUT2D eigenvalue weighted by Crippen LogP contribution is -2.15. The van der Waals surface area contributed by atoms with Crippen LogP contribution in [0.1, 0.15) is 21.6 Å². The Labute approximate surface area is 154 Å². The summed E-state index contributed by atoms with van der Waals surface area (Å²) in [7, 11) is 0. The van der Waals surface area contributed by atoms with E-state index in [1.807, 2.05) is 56.3 Å². The predicted octanol–water partition coefficient (Wildman–Crippen LogP) is 4.85. The monoisotopic (exact) mass is 396 g/mol. The second-order valence-electron chi connectivity index (χ2n) is 5.69. The molecule has 0 saturated heterocycles. The summed E-state index contributed by atoms with van der Waals surface area (Å²) in [5.41, 5.74) is 4.01. The maximum atomic E-state index is 12.4. The second kappa shape index (κ2) is 7.44. The van der Waals surface area contributed by atoms with E-state index in [1.54, 1.807) is 6.20 Å². The Morgan fingerprint density at radius 2 is 1.88 bits per heavy atom. The maximum Gasteiger partial charge on any atom is 0.275 e. The van der Waals surface area contributed by atoms with Crippen LogP contribution in [0.25, 0.3) is 0 Å². The van der Waals surface area contributed by atoms with Gasteiger partial charge in [0.15, 0.2) is 0 Å². The third kappa shape index (κ3) is 4.42. The zero-order chi connectivity index (χ0) is 17.8. The summed E-state index contributed by atoms with van der Waals surface area (Å²) in [6.45, 7) is 3.93. The van der Waals surface area contributed by atoms with Crippen molar-refractivity contribution in [3.05, 3.63) is 76.2 Å². The standard InChI is InChI=1S/C19H17BrN4O/c1-12-6-7-13(2)16(8-12)24-19(25)17-10-22-18(11-21-17)23-15-5-3-4-14(20)9-15/h3-11H,1-2H3,(H,22,23)(H,24,25). The molecule has 0 saturated carbocycles. The van der Waals surface area contributed by atoms with Crippen molar-refractivity contribution in [1.82, 2.24) is 9.97 Å². The highest BCUT2D eigenvalue weighted by molar-refractivity contribution is 9.10. The molecule has 3 rings (SSSR count). The first-order valence-corrected chi connectivity index (χ1v) is 8.54. The van der Waals surface area contributed by atoms with Gasteiger partial charge < -0.3 is 10.6 Å². The summed E-state index contributed by atoms with van der Waals surface area (Å²) >= 11 is 3.42. The van der Waals surface area contributed by atoms with Gasteiger partial charge in [-0.1, -0.05) is 34.1 Å². The van der Waals surface area contributed by atoms with Crippen molar-refractivity contribution in [3.8, 4) is 0 Å². The van der Waals surface area contributed by atoms with Gasteiger partial charge in [-0.3, -0.25) is 4.79 Å². The first-order chi connectivity index (χ1) is 12.0. The number of aryl methyl sites for hydroxylation is 2. The van der Waals surface area contributed by atoms with Crippen molar-refractivity contribution < 1.29 is 4.79 Å². The number of amides is 1. The van der Waals surface area contributed by atoms with Crippen LogP contribution in [0.4, 0.5) is 17.2 Å². The molecule has 6 heteroatoms. The molecule has 1 amide bonds. The molecule has 0 unspecified atom stereocenters. The molecule has 1 heterocycles. The number of rotatable bonds is 4. The van der Waals surface area contributed by atoms with E-state index in [1.165, 1.54) is 6.20 Å². The Balaban J connectivity index is 1.71. The minimum Gasteiger partial charge on any atom is -0.339 e. The molecular formula is C19H17BrN4O. The average Bonchev–Trinajstić information content (AvgIpc) is 2.59. The molecule has 25 heavy (non-hydrogen) atoms. The first kappa shape index (κ1) is 17.1. The minimum absolute atomic E-state index is 0.265. The third-order valence-electron chi connectivity index (χ3n) is 3.62. The summed E-state index contributed by atoms with van der Waals surface area (Å²) in [6.07, 6.45) is 3.00. The van der Waals surface area contributed by atoms with Crippen LogP contribution in [0.2, 0.25) is 0 Å². The molecule has 0 atom stereocenters. The van der Waals surface area contributed by atoms with Crippen molar-refractivity contribution in [3.63, 3.8) is 0 Å². The number of aromatic nitrogens is 2. The van der Waals surface area contributed by atoms with Gasteiger partial charge in [-0.2, -0.15) is 0 Å². The summed E-state index contributed by atoms with van der Waals surface area (Å²) in [5.74, 6) is 0.289. The van der Waals surface area contributed by atoms with Crippen LogP contribution in [0.3, 0.4) is 0 Å². The van der Waals surface area contributed by atoms with Gasteiger partial charge in [-0.25, -0.2) is 9.97 Å². The number of carbonyl (C=O) groups is 1. The van der Waals surface area contributed by atoms with Crippen LogP contribution in [-0.4, -0.2) is 15.9 Å². The van der Waals surface area contributed by atoms with Gasteiger partial charge in [0.1, 0.15) is 11.5 Å². The van der Waals surface area contributed by atoms with E-state index in [0.717, 1.165) is 27.0 Å². The minimum atomic E-state index is -0.282. The number of nitrogens with one attached hydrogen (secondary N) is 2. The van der Waals surface area contributed by atoms with Crippen LogP contribution in [-0.2, 0) is 0 Å². The van der Waals surface area contributed by atoms with Crippen LogP contribution in [0.15, 0.2) is 59.3 Å². The fourth-order valence-corrected chi connectivity index (χ4v) is 2.68. The largest absolute Gasteiger partial charge is 0.339 e. The maximum absolute atomic E-state index is 12.4. The number of hydrogen-bond acceptors (Lipinski definition) is 4. The third-order valence-corrected chi connectivity index (χ3v) is 4.12. The molecule has 5 nitrogen and oxygen atoms in total. The van der Waals surface area contributed by atoms with E-state index in [-0.39, 0.29) is 11.6 Å². The Kier molecular flexibility index (Phi) is 5.09. The fraction of sp³-hybridized carbons (Fsp3) is 0.105. The van der Waals surface area contributed by atoms with E-state index in [2.05, 4.69) is 36.5 Å². The zero-order valence-electron chi connectivity index (χ0n) is 13.9. The fourth-order valence-electron chi connectivity index (χ4n) is 2.28. The van der Waals surface area contributed by atoms with E-state index in [4.69, 9.17) is 0 Å². The first-order valence-electron chi connectivity index (χ1n) is 7.74. The quantitative estimate of drug-likeness (QED) is 0.661. The molecule has 2 N–H and O–H groups in total. The number of hydrogen-bond donors (Lipinski definition) is 2. The van der Waals surface area contributed by atoms with Crippen molar-refractivity contribution in [2.24, 2.45) is 0 Å². The van der Waals surface area contributed by atoms with Gasteiger partial charge in [-0.05, 0) is 49.2 Å². The smallest absolute Gasteiger partial charge is 0.275 e. The second-order valence-corrected chi connectivity index (χ2v) is 6.61. The summed E-state index contributed by atoms with van der Waals surface area (Å²) in [6, 6.07) is 13.6. The van der Waals surface area contributed by atoms with Gasteiger partial charge in [0, 0.05) is 15.8 Å². The van der Waals surface area contributed by atoms with Crippen LogP contribution in [0, 0.1) is 13.8 Å². The number of carbonyl (C=O) groups excluding carboxylic acids is 1. The molecule has 1 aromatic heterocycles. The Hall–Kier alpha value is -2.73. The molecule has 0 aliphatic heterocycles. The molecule has 0 fully saturated rings. The molecule has 0 spiro atoms. The lowest BCUT2D eigenvalue weighted by Gasteiger charge is -2.09. The summed E-state index contributed by atoms with van der Waals surface area (Å²) < 4.78 is 0.968. The molecule has 3 aromatic rings. The number of benzene rings is 2. The molecule has 0 aliphatic rings. The number of anilines is 3. The van der Waals surface area contributed by atoms with Gasteiger partial charge in [-0.15, -0.1) is 0 Å². The van der Waals surface area contributed by atoms with Gasteiger partial charge in [0.25, 0.3) is 5.91 Å². The predicted molar refractivity (Wildman–Crippen MR) is 103 cm³/mol. The van der Waals surface area contributed by atoms with Gasteiger partial charge in [0.2, 0.25) is 0 Å². The molecule has 0 radical (unpaired) electrons. The highest BCUT2D eigenvalue weighted by Gasteiger charge is 2.10. The normalized spacial score (nSPS) is 10.4. The van der Waals surface area contributed by atoms with Crippen molar-refractivity contribution in [2.75, 3.05) is 10.6 Å². The van der Waals surface area contributed by atoms with Crippen molar-refractivity contribution in [2.45, 2.75) is 13.8 Å². The highest BCUT2D eigenvalue weighted by atomic mass is 79.9. The van der Waals surface area contributed by atoms with Crippen LogP contribution in [0.5, 0.6) is 0 Å². The lowest BCUT2D eigenvalue weighted by molar-refractivity contribution is 0.102. The van der Waals surface area contributed by atoms with E-state index >= 15 is 0 Å². The molecule has 2 aromatic carbocycles. The summed E-state index contributed by atoms with van der Waals surface area (Å²) in [5, 5.41) is 6.02. The summed E-state index contributed by atoms with van der Waals surface area (Å²) in [4.78, 5) is 20.8. The number of halogens is 1. The van der Waals surface area contributed by atoms with Gasteiger partial charge in [0.05, 0.1) is 12.4 Å². The Morgan fingerprint density at radius 1 is 1.04 bits per heavy atom. The zero-order valence-corrected chi connectivity index (χ0v) is 15.5. The topological polar surface area (TPSA) is 66.9 Å². The highest BCUT2D eigenvalue weighted by Crippen LogP contribution is 2.19. The van der Waals surface area contributed by atoms with Crippen molar-refractivity contribution in [1.29, 1.82) is 0 Å². The Bertz CT molecular complexity index is 910. The van der Waals surface area contributed by atoms with E-state index < -0.39 is 0 Å². The van der Waals surface area contributed by atoms with Gasteiger partial charge >= 0.3 is 0 Å². The molecular weight excluding hydrogens is 380 g/mol. The Morgan fingerprint density at radius 3 is 2.60 bits per heavy atom.